The van der Waals surface area contributed by atoms with Crippen LogP contribution in [0.2, 0.25) is 0 Å². The predicted molar refractivity (Wildman–Crippen MR) is 142 cm³/mol. The van der Waals surface area contributed by atoms with Crippen molar-refractivity contribution in [2.45, 2.75) is 6.42 Å². The maximum atomic E-state index is 11.7. The van der Waals surface area contributed by atoms with Gasteiger partial charge in [0.05, 0.1) is 5.39 Å². The van der Waals surface area contributed by atoms with Crippen LogP contribution in [0.3, 0.4) is 0 Å². The summed E-state index contributed by atoms with van der Waals surface area (Å²) < 4.78 is 6.26. The minimum atomic E-state index is -0.272. The van der Waals surface area contributed by atoms with Crippen LogP contribution in [0.25, 0.3) is 33.6 Å². The van der Waals surface area contributed by atoms with Gasteiger partial charge in [0.25, 0.3) is 0 Å². The first kappa shape index (κ1) is 22.9. The Balaban J connectivity index is 1.56. The van der Waals surface area contributed by atoms with Gasteiger partial charge in [-0.25, -0.2) is 9.97 Å². The van der Waals surface area contributed by atoms with E-state index in [9.17, 15) is 9.90 Å². The largest absolute Gasteiger partial charge is 0.508 e. The fraction of sp³-hybridized carbons (Fsp3) is 0.0690. The number of hydrogen-bond acceptors (Lipinski definition) is 6. The Morgan fingerprint density at radius 2 is 1.69 bits per heavy atom. The van der Waals surface area contributed by atoms with E-state index in [1.54, 1.807) is 12.1 Å². The molecule has 0 saturated carbocycles. The molecular formula is C29H24N4O3. The summed E-state index contributed by atoms with van der Waals surface area (Å²) in [7, 11) is 0. The van der Waals surface area contributed by atoms with E-state index in [2.05, 4.69) is 27.2 Å². The van der Waals surface area contributed by atoms with Crippen LogP contribution in [0.1, 0.15) is 5.56 Å². The molecule has 3 N–H and O–H groups in total. The van der Waals surface area contributed by atoms with Crippen molar-refractivity contribution in [1.29, 1.82) is 0 Å². The number of rotatable bonds is 8. The number of nitrogens with one attached hydrogen (secondary N) is 2. The first-order valence-corrected chi connectivity index (χ1v) is 11.5. The smallest absolute Gasteiger partial charge is 0.247 e. The van der Waals surface area contributed by atoms with Crippen molar-refractivity contribution in [3.05, 3.63) is 103 Å². The highest BCUT2D eigenvalue weighted by Gasteiger charge is 2.22. The van der Waals surface area contributed by atoms with Crippen molar-refractivity contribution >= 4 is 28.5 Å². The standard InChI is InChI=1S/C29H24N4O3/c1-2-24(35)33-22-14-12-20(13-15-22)25-26-28(30-17-16-19-8-6-7-11-23(19)34)31-18-32-29(26)36-27(25)21-9-4-3-5-10-21/h2-15,18,34H,1,16-17H2,(H,33,35)(H,30,31,32). The summed E-state index contributed by atoms with van der Waals surface area (Å²) in [6, 6.07) is 24.6. The van der Waals surface area contributed by atoms with E-state index in [0.29, 0.717) is 35.9 Å². The molecule has 1 amide bonds. The number of benzene rings is 3. The molecular weight excluding hydrogens is 452 g/mol. The molecule has 0 saturated heterocycles. The molecule has 0 aliphatic carbocycles. The summed E-state index contributed by atoms with van der Waals surface area (Å²) in [6.07, 6.45) is 3.32. The van der Waals surface area contributed by atoms with Gasteiger partial charge in [-0.3, -0.25) is 4.79 Å². The van der Waals surface area contributed by atoms with Gasteiger partial charge in [0.1, 0.15) is 23.7 Å². The Bertz CT molecular complexity index is 1530. The van der Waals surface area contributed by atoms with Crippen molar-refractivity contribution in [1.82, 2.24) is 9.97 Å². The molecule has 2 heterocycles. The summed E-state index contributed by atoms with van der Waals surface area (Å²) in [4.78, 5) is 20.6. The quantitative estimate of drug-likeness (QED) is 0.236. The molecule has 0 spiro atoms. The summed E-state index contributed by atoms with van der Waals surface area (Å²) in [5, 5.41) is 17.0. The minimum absolute atomic E-state index is 0.270. The number of para-hydroxylation sites is 1. The van der Waals surface area contributed by atoms with E-state index >= 15 is 0 Å². The first-order valence-electron chi connectivity index (χ1n) is 11.5. The Labute approximate surface area is 208 Å². The fourth-order valence-corrected chi connectivity index (χ4v) is 4.09. The highest BCUT2D eigenvalue weighted by molar-refractivity contribution is 6.06. The van der Waals surface area contributed by atoms with Gasteiger partial charge in [0.15, 0.2) is 0 Å². The van der Waals surface area contributed by atoms with Crippen LogP contribution in [0, 0.1) is 0 Å². The summed E-state index contributed by atoms with van der Waals surface area (Å²) in [5.74, 6) is 1.31. The van der Waals surface area contributed by atoms with Crippen LogP contribution in [0.4, 0.5) is 11.5 Å². The van der Waals surface area contributed by atoms with Crippen molar-refractivity contribution in [2.75, 3.05) is 17.2 Å². The SMILES string of the molecule is C=CC(=O)Nc1ccc(-c2c(-c3ccccc3)oc3ncnc(NCCc4ccccc4O)c23)cc1. The fourth-order valence-electron chi connectivity index (χ4n) is 4.09. The Hall–Kier alpha value is -4.91. The van der Waals surface area contributed by atoms with Gasteiger partial charge >= 0.3 is 0 Å². The number of carbonyl (C=O) groups is 1. The molecule has 2 aromatic heterocycles. The van der Waals surface area contributed by atoms with Crippen molar-refractivity contribution in [3.63, 3.8) is 0 Å². The lowest BCUT2D eigenvalue weighted by atomic mass is 9.99. The van der Waals surface area contributed by atoms with Crippen molar-refractivity contribution in [3.8, 4) is 28.2 Å². The van der Waals surface area contributed by atoms with Crippen LogP contribution >= 0.6 is 0 Å². The van der Waals surface area contributed by atoms with E-state index in [1.165, 1.54) is 12.4 Å². The molecule has 0 fully saturated rings. The average Bonchev–Trinajstić information content (AvgIpc) is 3.31. The highest BCUT2D eigenvalue weighted by Crippen LogP contribution is 2.42. The molecule has 5 rings (SSSR count). The van der Waals surface area contributed by atoms with Gasteiger partial charge in [-0.15, -0.1) is 0 Å². The topological polar surface area (TPSA) is 100 Å². The third-order valence-corrected chi connectivity index (χ3v) is 5.83. The molecule has 0 unspecified atom stereocenters. The number of phenols is 1. The van der Waals surface area contributed by atoms with Gasteiger partial charge in [-0.2, -0.15) is 0 Å². The third kappa shape index (κ3) is 4.67. The monoisotopic (exact) mass is 476 g/mol. The minimum Gasteiger partial charge on any atom is -0.508 e. The number of aromatic hydroxyl groups is 1. The second kappa shape index (κ2) is 10.1. The first-order chi connectivity index (χ1) is 17.6. The predicted octanol–water partition coefficient (Wildman–Crippen LogP) is 6.04. The average molecular weight is 477 g/mol. The molecule has 36 heavy (non-hydrogen) atoms. The molecule has 3 aromatic carbocycles. The van der Waals surface area contributed by atoms with Crippen molar-refractivity contribution < 1.29 is 14.3 Å². The second-order valence-corrected chi connectivity index (χ2v) is 8.15. The summed E-state index contributed by atoms with van der Waals surface area (Å²) in [5.41, 5.74) is 4.63. The molecule has 0 bridgehead atoms. The Morgan fingerprint density at radius 3 is 2.44 bits per heavy atom. The maximum Gasteiger partial charge on any atom is 0.247 e. The lowest BCUT2D eigenvalue weighted by molar-refractivity contribution is -0.111. The lowest BCUT2D eigenvalue weighted by Crippen LogP contribution is -2.07. The third-order valence-electron chi connectivity index (χ3n) is 5.83. The number of anilines is 2. The van der Waals surface area contributed by atoms with Crippen LogP contribution in [-0.4, -0.2) is 27.5 Å². The van der Waals surface area contributed by atoms with E-state index in [4.69, 9.17) is 4.42 Å². The number of fused-ring (bicyclic) bond motifs is 1. The molecule has 7 nitrogen and oxygen atoms in total. The summed E-state index contributed by atoms with van der Waals surface area (Å²) in [6.45, 7) is 4.05. The molecule has 0 aliphatic heterocycles. The van der Waals surface area contributed by atoms with Crippen molar-refractivity contribution in [2.24, 2.45) is 0 Å². The zero-order chi connectivity index (χ0) is 24.9. The molecule has 0 atom stereocenters. The number of nitrogens with zero attached hydrogens (tertiary/aromatic N) is 2. The number of phenolic OH excluding ortho intramolecular Hbond substituents is 1. The maximum absolute atomic E-state index is 11.7. The highest BCUT2D eigenvalue weighted by atomic mass is 16.3. The molecule has 0 aliphatic rings. The second-order valence-electron chi connectivity index (χ2n) is 8.15. The molecule has 178 valence electrons. The van der Waals surface area contributed by atoms with Gasteiger partial charge < -0.3 is 20.2 Å². The number of amides is 1. The van der Waals surface area contributed by atoms with Crippen LogP contribution < -0.4 is 10.6 Å². The number of aromatic nitrogens is 2. The van der Waals surface area contributed by atoms with E-state index in [0.717, 1.165) is 27.6 Å². The number of carbonyl (C=O) groups excluding carboxylic acids is 1. The van der Waals surface area contributed by atoms with E-state index < -0.39 is 0 Å². The van der Waals surface area contributed by atoms with Crippen LogP contribution in [0.5, 0.6) is 5.75 Å². The zero-order valence-corrected chi connectivity index (χ0v) is 19.4. The number of furan rings is 1. The Morgan fingerprint density at radius 1 is 0.944 bits per heavy atom. The van der Waals surface area contributed by atoms with Gasteiger partial charge in [-0.1, -0.05) is 67.2 Å². The molecule has 5 aromatic rings. The number of hydrogen-bond donors (Lipinski definition) is 3. The lowest BCUT2D eigenvalue weighted by Gasteiger charge is -2.10. The Kier molecular flexibility index (Phi) is 6.44. The van der Waals surface area contributed by atoms with Crippen LogP contribution in [-0.2, 0) is 11.2 Å². The summed E-state index contributed by atoms with van der Waals surface area (Å²) >= 11 is 0. The van der Waals surface area contributed by atoms with Crippen LogP contribution in [0.15, 0.2) is 102 Å². The molecule has 7 heteroatoms. The molecule has 0 radical (unpaired) electrons. The van der Waals surface area contributed by atoms with E-state index in [-0.39, 0.29) is 11.7 Å². The van der Waals surface area contributed by atoms with Gasteiger partial charge in [-0.05, 0) is 41.8 Å². The van der Waals surface area contributed by atoms with E-state index in [1.807, 2.05) is 66.7 Å². The normalized spacial score (nSPS) is 10.8. The van der Waals surface area contributed by atoms with Gasteiger partial charge in [0.2, 0.25) is 11.6 Å². The van der Waals surface area contributed by atoms with Gasteiger partial charge in [0, 0.05) is 23.4 Å². The zero-order valence-electron chi connectivity index (χ0n) is 19.4.